The van der Waals surface area contributed by atoms with E-state index in [0.29, 0.717) is 5.69 Å². The highest BCUT2D eigenvalue weighted by molar-refractivity contribution is 14.1. The van der Waals surface area contributed by atoms with Gasteiger partial charge < -0.3 is 5.11 Å². The number of aromatic nitrogens is 1. The van der Waals surface area contributed by atoms with Crippen molar-refractivity contribution in [2.24, 2.45) is 0 Å². The van der Waals surface area contributed by atoms with Crippen molar-refractivity contribution in [3.05, 3.63) is 51.7 Å². The quantitative estimate of drug-likeness (QED) is 0.762. The van der Waals surface area contributed by atoms with Crippen LogP contribution >= 0.6 is 22.6 Å². The molecule has 2 rings (SSSR count). The predicted molar refractivity (Wildman–Crippen MR) is 81.2 cm³/mol. The molecule has 1 heterocycles. The molecule has 0 bridgehead atoms. The van der Waals surface area contributed by atoms with Gasteiger partial charge in [0.25, 0.3) is 10.0 Å². The van der Waals surface area contributed by atoms with E-state index >= 15 is 0 Å². The lowest BCUT2D eigenvalue weighted by molar-refractivity contribution is 0.0696. The number of rotatable bonds is 4. The Balaban J connectivity index is 2.28. The zero-order valence-corrected chi connectivity index (χ0v) is 12.9. The molecule has 0 spiro atoms. The number of pyridine rings is 1. The second kappa shape index (κ2) is 5.75. The Kier molecular flexibility index (Phi) is 4.23. The summed E-state index contributed by atoms with van der Waals surface area (Å²) >= 11 is 2.07. The van der Waals surface area contributed by atoms with Gasteiger partial charge in [-0.25, -0.2) is 9.78 Å². The van der Waals surface area contributed by atoms with E-state index in [0.717, 1.165) is 15.8 Å². The monoisotopic (exact) mass is 404 g/mol. The first kappa shape index (κ1) is 14.7. The molecule has 0 aliphatic carbocycles. The molecule has 0 fully saturated rings. The molecular weight excluding hydrogens is 395 g/mol. The fraction of sp³-hybridized carbons (Fsp3) is 0. The molecule has 0 aliphatic heterocycles. The van der Waals surface area contributed by atoms with Gasteiger partial charge in [-0.3, -0.25) is 4.72 Å². The van der Waals surface area contributed by atoms with Crippen LogP contribution in [0, 0.1) is 3.57 Å². The SMILES string of the molecule is O=C(O)c1ccc(S(=O)(=O)Nc2cccc(I)c2)nc1. The minimum Gasteiger partial charge on any atom is -0.478 e. The zero-order valence-electron chi connectivity index (χ0n) is 9.95. The van der Waals surface area contributed by atoms with Crippen LogP contribution in [-0.2, 0) is 10.0 Å². The van der Waals surface area contributed by atoms with Gasteiger partial charge in [0.15, 0.2) is 5.03 Å². The number of carboxylic acids is 1. The smallest absolute Gasteiger partial charge is 0.337 e. The number of hydrogen-bond acceptors (Lipinski definition) is 4. The Morgan fingerprint density at radius 1 is 1.25 bits per heavy atom. The molecule has 1 aromatic carbocycles. The van der Waals surface area contributed by atoms with Crippen LogP contribution in [0.3, 0.4) is 0 Å². The number of halogens is 1. The Morgan fingerprint density at radius 3 is 2.55 bits per heavy atom. The number of aromatic carboxylic acids is 1. The first-order valence-electron chi connectivity index (χ1n) is 5.36. The normalized spacial score (nSPS) is 11.1. The third kappa shape index (κ3) is 3.45. The Labute approximate surface area is 129 Å². The molecule has 104 valence electrons. The number of hydrogen-bond donors (Lipinski definition) is 2. The third-order valence-corrected chi connectivity index (χ3v) is 4.30. The molecule has 0 atom stereocenters. The average Bonchev–Trinajstić information content (AvgIpc) is 2.38. The van der Waals surface area contributed by atoms with Crippen LogP contribution < -0.4 is 4.72 Å². The number of carbonyl (C=O) groups is 1. The Bertz CT molecular complexity index is 744. The Hall–Kier alpha value is -1.68. The number of sulfonamides is 1. The highest BCUT2D eigenvalue weighted by atomic mass is 127. The molecule has 8 heteroatoms. The fourth-order valence-corrected chi connectivity index (χ4v) is 2.95. The van der Waals surface area contributed by atoms with Gasteiger partial charge in [-0.05, 0) is 52.9 Å². The summed E-state index contributed by atoms with van der Waals surface area (Å²) in [6.45, 7) is 0. The van der Waals surface area contributed by atoms with Crippen molar-refractivity contribution in [1.29, 1.82) is 0 Å². The van der Waals surface area contributed by atoms with Crippen molar-refractivity contribution in [2.45, 2.75) is 5.03 Å². The number of carboxylic acid groups (broad SMARTS) is 1. The molecule has 0 unspecified atom stereocenters. The van der Waals surface area contributed by atoms with Crippen LogP contribution in [0.1, 0.15) is 10.4 Å². The topological polar surface area (TPSA) is 96.4 Å². The van der Waals surface area contributed by atoms with Gasteiger partial charge in [0, 0.05) is 15.5 Å². The summed E-state index contributed by atoms with van der Waals surface area (Å²) in [5.74, 6) is -1.16. The minimum atomic E-state index is -3.83. The molecule has 2 N–H and O–H groups in total. The first-order valence-corrected chi connectivity index (χ1v) is 7.92. The summed E-state index contributed by atoms with van der Waals surface area (Å²) in [5, 5.41) is 8.50. The maximum absolute atomic E-state index is 12.1. The molecule has 1 aromatic heterocycles. The molecule has 0 saturated carbocycles. The van der Waals surface area contributed by atoms with E-state index in [1.807, 2.05) is 6.07 Å². The molecule has 0 amide bonds. The maximum Gasteiger partial charge on any atom is 0.337 e. The van der Waals surface area contributed by atoms with Gasteiger partial charge in [-0.2, -0.15) is 8.42 Å². The van der Waals surface area contributed by atoms with E-state index in [1.54, 1.807) is 18.2 Å². The molecular formula is C12H9IN2O4S. The minimum absolute atomic E-state index is 0.0711. The van der Waals surface area contributed by atoms with Gasteiger partial charge in [0.05, 0.1) is 5.56 Å². The van der Waals surface area contributed by atoms with Crippen LogP contribution in [0.25, 0.3) is 0 Å². The molecule has 2 aromatic rings. The number of benzene rings is 1. The van der Waals surface area contributed by atoms with Crippen molar-refractivity contribution in [3.63, 3.8) is 0 Å². The van der Waals surface area contributed by atoms with Crippen LogP contribution in [-0.4, -0.2) is 24.5 Å². The largest absolute Gasteiger partial charge is 0.478 e. The molecule has 0 saturated heterocycles. The van der Waals surface area contributed by atoms with Gasteiger partial charge in [-0.1, -0.05) is 6.07 Å². The van der Waals surface area contributed by atoms with E-state index in [-0.39, 0.29) is 10.6 Å². The Morgan fingerprint density at radius 2 is 2.00 bits per heavy atom. The maximum atomic E-state index is 12.1. The van der Waals surface area contributed by atoms with Crippen LogP contribution in [0.2, 0.25) is 0 Å². The summed E-state index contributed by atoms with van der Waals surface area (Å²) in [5.41, 5.74) is 0.347. The number of nitrogens with one attached hydrogen (secondary N) is 1. The zero-order chi connectivity index (χ0) is 14.8. The second-order valence-electron chi connectivity index (χ2n) is 3.81. The second-order valence-corrected chi connectivity index (χ2v) is 6.68. The summed E-state index contributed by atoms with van der Waals surface area (Å²) in [6, 6.07) is 9.19. The van der Waals surface area contributed by atoms with E-state index in [1.165, 1.54) is 6.07 Å². The van der Waals surface area contributed by atoms with Crippen LogP contribution in [0.5, 0.6) is 0 Å². The lowest BCUT2D eigenvalue weighted by atomic mass is 10.3. The van der Waals surface area contributed by atoms with E-state index in [2.05, 4.69) is 32.3 Å². The van der Waals surface area contributed by atoms with Crippen molar-refractivity contribution in [1.82, 2.24) is 4.98 Å². The summed E-state index contributed by atoms with van der Waals surface area (Å²) < 4.78 is 27.4. The third-order valence-electron chi connectivity index (χ3n) is 2.34. The van der Waals surface area contributed by atoms with Crippen LogP contribution in [0.15, 0.2) is 47.6 Å². The van der Waals surface area contributed by atoms with E-state index in [9.17, 15) is 13.2 Å². The fourth-order valence-electron chi connectivity index (χ4n) is 1.43. The van der Waals surface area contributed by atoms with Crippen molar-refractivity contribution < 1.29 is 18.3 Å². The summed E-state index contributed by atoms with van der Waals surface area (Å²) in [7, 11) is -3.83. The molecule has 6 nitrogen and oxygen atoms in total. The van der Waals surface area contributed by atoms with Crippen molar-refractivity contribution in [2.75, 3.05) is 4.72 Å². The van der Waals surface area contributed by atoms with Gasteiger partial charge in [0.1, 0.15) is 0 Å². The van der Waals surface area contributed by atoms with Gasteiger partial charge in [0.2, 0.25) is 0 Å². The lowest BCUT2D eigenvalue weighted by Gasteiger charge is -2.07. The van der Waals surface area contributed by atoms with E-state index in [4.69, 9.17) is 5.11 Å². The number of nitrogens with zero attached hydrogens (tertiary/aromatic N) is 1. The van der Waals surface area contributed by atoms with Gasteiger partial charge in [-0.15, -0.1) is 0 Å². The molecule has 0 radical (unpaired) electrons. The van der Waals surface area contributed by atoms with E-state index < -0.39 is 16.0 Å². The van der Waals surface area contributed by atoms with Crippen molar-refractivity contribution >= 4 is 44.3 Å². The lowest BCUT2D eigenvalue weighted by Crippen LogP contribution is -2.15. The summed E-state index contributed by atoms with van der Waals surface area (Å²) in [6.07, 6.45) is 1.01. The predicted octanol–water partition coefficient (Wildman–Crippen LogP) is 2.19. The molecule has 20 heavy (non-hydrogen) atoms. The number of anilines is 1. The average molecular weight is 404 g/mol. The first-order chi connectivity index (χ1) is 9.38. The molecule has 0 aliphatic rings. The highest BCUT2D eigenvalue weighted by Gasteiger charge is 2.16. The van der Waals surface area contributed by atoms with Crippen molar-refractivity contribution in [3.8, 4) is 0 Å². The standard InChI is InChI=1S/C12H9IN2O4S/c13-9-2-1-3-10(6-9)15-20(18,19)11-5-4-8(7-14-11)12(16)17/h1-7,15H,(H,16,17). The highest BCUT2D eigenvalue weighted by Crippen LogP contribution is 2.17. The van der Waals surface area contributed by atoms with Gasteiger partial charge >= 0.3 is 5.97 Å². The summed E-state index contributed by atoms with van der Waals surface area (Å²) in [4.78, 5) is 14.3. The van der Waals surface area contributed by atoms with Crippen LogP contribution in [0.4, 0.5) is 5.69 Å².